The lowest BCUT2D eigenvalue weighted by atomic mass is 10.2. The van der Waals surface area contributed by atoms with E-state index in [1.54, 1.807) is 76.9 Å². The highest BCUT2D eigenvalue weighted by Crippen LogP contribution is 2.32. The van der Waals surface area contributed by atoms with Gasteiger partial charge in [0.2, 0.25) is 11.9 Å². The minimum atomic E-state index is -0.583. The molecule has 4 heterocycles. The number of nitrogens with one attached hydrogen (secondary N) is 2. The zero-order chi connectivity index (χ0) is 40.7. The number of allylic oxidation sites excluding steroid dienone is 2. The number of carbonyl (C=O) groups is 4. The van der Waals surface area contributed by atoms with Crippen molar-refractivity contribution in [1.29, 1.82) is 0 Å². The van der Waals surface area contributed by atoms with Crippen molar-refractivity contribution in [3.8, 4) is 11.5 Å². The summed E-state index contributed by atoms with van der Waals surface area (Å²) in [5.74, 6) is -1.03. The van der Waals surface area contributed by atoms with E-state index in [-0.39, 0.29) is 41.9 Å². The van der Waals surface area contributed by atoms with Crippen molar-refractivity contribution in [3.63, 3.8) is 0 Å². The second-order valence-corrected chi connectivity index (χ2v) is 12.4. The molecule has 2 aromatic carbocycles. The number of fused-ring (bicyclic) bond motifs is 2. The molecule has 2 amide bonds. The lowest BCUT2D eigenvalue weighted by molar-refractivity contribution is 0.0600. The number of rotatable bonds is 13. The van der Waals surface area contributed by atoms with Gasteiger partial charge in [0.1, 0.15) is 40.2 Å². The second-order valence-electron chi connectivity index (χ2n) is 12.4. The Morgan fingerprint density at radius 3 is 1.71 bits per heavy atom. The first-order valence-corrected chi connectivity index (χ1v) is 17.5. The Morgan fingerprint density at radius 2 is 1.25 bits per heavy atom. The molecule has 0 aliphatic heterocycles. The molecule has 0 unspecified atom stereocenters. The fourth-order valence-corrected chi connectivity index (χ4v) is 6.13. The fourth-order valence-electron chi connectivity index (χ4n) is 6.13. The van der Waals surface area contributed by atoms with Crippen LogP contribution in [0.1, 0.15) is 66.9 Å². The number of hydrogen-bond donors (Lipinski definition) is 3. The summed E-state index contributed by atoms with van der Waals surface area (Å²) in [4.78, 5) is 60.2. The summed E-state index contributed by atoms with van der Waals surface area (Å²) >= 11 is 0. The first-order chi connectivity index (χ1) is 26.9. The van der Waals surface area contributed by atoms with E-state index in [4.69, 9.17) is 9.47 Å². The number of nitrogens with zero attached hydrogens (tertiary/aromatic N) is 8. The average Bonchev–Trinajstić information content (AvgIpc) is 3.95. The predicted octanol–water partition coefficient (Wildman–Crippen LogP) is 4.77. The molecule has 0 atom stereocenters. The molecule has 6 rings (SSSR count). The second kappa shape index (κ2) is 17.5. The number of hydrogen-bond acceptors (Lipinski definition) is 12. The smallest absolute Gasteiger partial charge is 0.338 e. The van der Waals surface area contributed by atoms with Crippen LogP contribution in [-0.4, -0.2) is 96.3 Å². The van der Waals surface area contributed by atoms with Gasteiger partial charge in [0.05, 0.1) is 42.2 Å². The Labute approximate surface area is 321 Å². The number of aromatic nitrogens is 8. The van der Waals surface area contributed by atoms with Gasteiger partial charge in [-0.05, 0) is 64.1 Å². The van der Waals surface area contributed by atoms with Crippen LogP contribution < -0.4 is 15.4 Å². The minimum absolute atomic E-state index is 0.124. The maximum Gasteiger partial charge on any atom is 0.338 e. The number of benzene rings is 2. The number of ether oxygens (including phenoxy) is 3. The molecule has 0 fully saturated rings. The number of aromatic hydroxyl groups is 1. The number of aldehydes is 1. The van der Waals surface area contributed by atoms with Crippen LogP contribution in [-0.2, 0) is 35.7 Å². The number of phenols is 1. The monoisotopic (exact) mass is 768 g/mol. The van der Waals surface area contributed by atoms with Gasteiger partial charge in [0, 0.05) is 46.0 Å². The van der Waals surface area contributed by atoms with Crippen molar-refractivity contribution in [1.82, 2.24) is 38.7 Å². The maximum atomic E-state index is 13.5. The third-order valence-electron chi connectivity index (χ3n) is 8.49. The molecule has 0 saturated heterocycles. The summed E-state index contributed by atoms with van der Waals surface area (Å²) in [5.41, 5.74) is 3.94. The van der Waals surface area contributed by atoms with E-state index in [9.17, 15) is 24.3 Å². The van der Waals surface area contributed by atoms with Crippen LogP contribution in [0.15, 0.2) is 48.6 Å². The van der Waals surface area contributed by atoms with E-state index >= 15 is 0 Å². The van der Waals surface area contributed by atoms with Gasteiger partial charge in [-0.15, -0.1) is 0 Å². The number of anilines is 2. The molecule has 3 N–H and O–H groups in total. The molecule has 0 aliphatic carbocycles. The molecule has 18 heteroatoms. The Balaban J connectivity index is 0.00000194. The Morgan fingerprint density at radius 1 is 0.750 bits per heavy atom. The van der Waals surface area contributed by atoms with Crippen molar-refractivity contribution in [2.45, 2.75) is 53.9 Å². The zero-order valence-corrected chi connectivity index (χ0v) is 32.4. The topological polar surface area (TPSA) is 212 Å². The van der Waals surface area contributed by atoms with Crippen LogP contribution in [0.2, 0.25) is 0 Å². The zero-order valence-electron chi connectivity index (χ0n) is 32.4. The maximum absolute atomic E-state index is 13.5. The van der Waals surface area contributed by atoms with Crippen molar-refractivity contribution in [2.24, 2.45) is 0 Å². The van der Waals surface area contributed by atoms with E-state index in [0.717, 1.165) is 0 Å². The minimum Gasteiger partial charge on any atom is -0.506 e. The van der Waals surface area contributed by atoms with Crippen LogP contribution in [0.25, 0.3) is 22.1 Å². The standard InChI is InChI=1S/C36H38N10O7.C2H6O/c1-7-45-26(13-20(3)41-45)32(49)39-35-37-24-15-22(19-47)16-28(48)30(24)43(35)11-9-10-12-44-31-25(17-23(34(51)53-6)18-29(31)52-5)38-36(44)40-33(50)27-14-21(4)42-46(27)8-2;1-3-2/h9-10,13-19,48H,7-8,11-12H2,1-6H3,(H,37,39,49)(H,38,40,50);1-2H3/b10-9+;. The molecule has 18 nitrogen and oxygen atoms in total. The van der Waals surface area contributed by atoms with E-state index in [1.165, 1.54) is 32.4 Å². The average molecular weight is 769 g/mol. The molecule has 56 heavy (non-hydrogen) atoms. The molecule has 0 spiro atoms. The summed E-state index contributed by atoms with van der Waals surface area (Å²) in [7, 11) is 5.98. The predicted molar refractivity (Wildman–Crippen MR) is 208 cm³/mol. The van der Waals surface area contributed by atoms with Gasteiger partial charge in [0.25, 0.3) is 11.8 Å². The Kier molecular flexibility index (Phi) is 12.6. The molecule has 0 bridgehead atoms. The molecule has 6 aromatic rings. The Bertz CT molecular complexity index is 2450. The van der Waals surface area contributed by atoms with Gasteiger partial charge < -0.3 is 28.5 Å². The van der Waals surface area contributed by atoms with Crippen LogP contribution in [0, 0.1) is 13.8 Å². The van der Waals surface area contributed by atoms with Gasteiger partial charge in [-0.1, -0.05) is 12.2 Å². The van der Waals surface area contributed by atoms with Crippen LogP contribution in [0.3, 0.4) is 0 Å². The molecule has 4 aromatic heterocycles. The van der Waals surface area contributed by atoms with Crippen molar-refractivity contribution in [2.75, 3.05) is 39.1 Å². The highest BCUT2D eigenvalue weighted by atomic mass is 16.5. The summed E-state index contributed by atoms with van der Waals surface area (Å²) in [6.07, 6.45) is 4.19. The summed E-state index contributed by atoms with van der Waals surface area (Å²) < 4.78 is 21.3. The molecule has 0 radical (unpaired) electrons. The van der Waals surface area contributed by atoms with E-state index in [2.05, 4.69) is 35.5 Å². The lowest BCUT2D eigenvalue weighted by Gasteiger charge is -2.12. The molecular weight excluding hydrogens is 724 g/mol. The van der Waals surface area contributed by atoms with Crippen molar-refractivity contribution in [3.05, 3.63) is 82.5 Å². The fraction of sp³-hybridized carbons (Fsp3) is 0.316. The molecular formula is C38H44N10O8. The first kappa shape index (κ1) is 40.4. The van der Waals surface area contributed by atoms with Crippen molar-refractivity contribution >= 4 is 58.0 Å². The van der Waals surface area contributed by atoms with Crippen molar-refractivity contribution < 1.29 is 38.5 Å². The SMILES string of the molecule is CCn1nc(C)cc1C(=O)Nc1nc2cc(C=O)cc(O)c2n1C/C=C/Cn1c(NC(=O)c2cc(C)nn2CC)nc2cc(C(=O)OC)cc(OC)c21.COC. The quantitative estimate of drug-likeness (QED) is 0.0824. The van der Waals surface area contributed by atoms with Gasteiger partial charge in [-0.2, -0.15) is 10.2 Å². The lowest BCUT2D eigenvalue weighted by Crippen LogP contribution is -2.20. The third-order valence-corrected chi connectivity index (χ3v) is 8.49. The molecule has 0 aliphatic rings. The van der Waals surface area contributed by atoms with Gasteiger partial charge in [0.15, 0.2) is 0 Å². The summed E-state index contributed by atoms with van der Waals surface area (Å²) in [5, 5.41) is 25.4. The molecule has 0 saturated carbocycles. The molecule has 294 valence electrons. The normalized spacial score (nSPS) is 11.1. The number of amides is 2. The van der Waals surface area contributed by atoms with Gasteiger partial charge in [-0.25, -0.2) is 14.8 Å². The number of methoxy groups -OCH3 is 3. The number of carbonyl (C=O) groups excluding carboxylic acids is 4. The summed E-state index contributed by atoms with van der Waals surface area (Å²) in [6, 6.07) is 9.27. The van der Waals surface area contributed by atoms with Crippen LogP contribution in [0.5, 0.6) is 11.5 Å². The number of esters is 1. The van der Waals surface area contributed by atoms with E-state index in [1.807, 2.05) is 13.8 Å². The number of imidazole rings is 2. The Hall–Kier alpha value is -6.82. The van der Waals surface area contributed by atoms with Gasteiger partial charge in [-0.3, -0.25) is 34.4 Å². The largest absolute Gasteiger partial charge is 0.506 e. The highest BCUT2D eigenvalue weighted by molar-refractivity contribution is 6.05. The number of aryl methyl sites for hydroxylation is 4. The number of phenolic OH excluding ortho intramolecular Hbond substituents is 1. The van der Waals surface area contributed by atoms with E-state index < -0.39 is 17.8 Å². The first-order valence-electron chi connectivity index (χ1n) is 17.5. The third kappa shape index (κ3) is 8.29. The van der Waals surface area contributed by atoms with E-state index in [0.29, 0.717) is 70.0 Å². The van der Waals surface area contributed by atoms with Crippen LogP contribution in [0.4, 0.5) is 11.9 Å². The summed E-state index contributed by atoms with van der Waals surface area (Å²) in [6.45, 7) is 8.58. The van der Waals surface area contributed by atoms with Crippen LogP contribution >= 0.6 is 0 Å². The van der Waals surface area contributed by atoms with Gasteiger partial charge >= 0.3 is 5.97 Å². The highest BCUT2D eigenvalue weighted by Gasteiger charge is 2.23.